The fourth-order valence-electron chi connectivity index (χ4n) is 3.87. The Hall–Kier alpha value is -1.15. The van der Waals surface area contributed by atoms with Crippen molar-refractivity contribution < 1.29 is 23.1 Å². The van der Waals surface area contributed by atoms with E-state index in [1.807, 2.05) is 0 Å². The van der Waals surface area contributed by atoms with Gasteiger partial charge in [0.25, 0.3) is 0 Å². The summed E-state index contributed by atoms with van der Waals surface area (Å²) in [7, 11) is -3.77. The first-order valence-corrected chi connectivity index (χ1v) is 10.9. The van der Waals surface area contributed by atoms with Gasteiger partial charge in [-0.05, 0) is 44.4 Å². The number of nitrogens with one attached hydrogen (secondary N) is 2. The third kappa shape index (κ3) is 5.95. The molecule has 0 aromatic carbocycles. The molecule has 0 heterocycles. The molecule has 3 N–H and O–H groups in total. The van der Waals surface area contributed by atoms with Gasteiger partial charge in [0.1, 0.15) is 11.3 Å². The number of carboxylic acid groups (broad SMARTS) is 1. The van der Waals surface area contributed by atoms with E-state index < -0.39 is 33.2 Å². The third-order valence-corrected chi connectivity index (χ3v) is 6.76. The topological polar surface area (TPSA) is 113 Å². The van der Waals surface area contributed by atoms with Crippen LogP contribution in [0.25, 0.3) is 0 Å². The molecule has 0 aromatic rings. The number of amides is 1. The van der Waals surface area contributed by atoms with E-state index in [0.717, 1.165) is 51.4 Å². The number of sulfonamides is 1. The summed E-state index contributed by atoms with van der Waals surface area (Å²) in [6.45, 7) is 2.15. The summed E-state index contributed by atoms with van der Waals surface area (Å²) in [6.07, 6.45) is 7.51. The molecule has 7 nitrogen and oxygen atoms in total. The smallest absolute Gasteiger partial charge is 0.329 e. The van der Waals surface area contributed by atoms with E-state index in [4.69, 9.17) is 0 Å². The standard InChI is InChI=1S/C17H30N2O5S/c1-13-6-8-14(9-7-13)19-25(23,24)12-15(20)18-17(16(21)22)10-4-2-3-5-11-17/h13-14,19H,2-12H2,1H3,(H,18,20)(H,21,22). The van der Waals surface area contributed by atoms with Gasteiger partial charge in [0, 0.05) is 6.04 Å². The van der Waals surface area contributed by atoms with Crippen molar-refractivity contribution in [3.05, 3.63) is 0 Å². The highest BCUT2D eigenvalue weighted by Crippen LogP contribution is 2.28. The van der Waals surface area contributed by atoms with Crippen molar-refractivity contribution in [2.45, 2.75) is 82.7 Å². The predicted octanol–water partition coefficient (Wildman–Crippen LogP) is 1.78. The molecule has 0 bridgehead atoms. The second-order valence-electron chi connectivity index (χ2n) is 7.68. The Bertz CT molecular complexity index is 574. The fourth-order valence-corrected chi connectivity index (χ4v) is 5.12. The molecule has 2 aliphatic rings. The van der Waals surface area contributed by atoms with Crippen LogP contribution in [0.1, 0.15) is 71.1 Å². The normalized spacial score (nSPS) is 27.2. The molecule has 1 amide bonds. The van der Waals surface area contributed by atoms with Gasteiger partial charge in [0.15, 0.2) is 0 Å². The van der Waals surface area contributed by atoms with E-state index in [0.29, 0.717) is 18.8 Å². The van der Waals surface area contributed by atoms with Gasteiger partial charge in [-0.1, -0.05) is 32.6 Å². The molecule has 8 heteroatoms. The maximum atomic E-state index is 12.3. The van der Waals surface area contributed by atoms with E-state index >= 15 is 0 Å². The van der Waals surface area contributed by atoms with Crippen molar-refractivity contribution in [2.75, 3.05) is 5.75 Å². The highest BCUT2D eigenvalue weighted by atomic mass is 32.2. The van der Waals surface area contributed by atoms with Gasteiger partial charge < -0.3 is 10.4 Å². The van der Waals surface area contributed by atoms with Gasteiger partial charge in [0.2, 0.25) is 15.9 Å². The zero-order valence-corrected chi connectivity index (χ0v) is 15.7. The predicted molar refractivity (Wildman–Crippen MR) is 94.6 cm³/mol. The zero-order chi connectivity index (χ0) is 18.5. The van der Waals surface area contributed by atoms with E-state index in [1.54, 1.807) is 0 Å². The number of hydrogen-bond donors (Lipinski definition) is 3. The number of carbonyl (C=O) groups excluding carboxylic acids is 1. The van der Waals surface area contributed by atoms with Gasteiger partial charge in [-0.2, -0.15) is 0 Å². The number of carbonyl (C=O) groups is 2. The van der Waals surface area contributed by atoms with E-state index in [2.05, 4.69) is 17.0 Å². The van der Waals surface area contributed by atoms with Crippen LogP contribution >= 0.6 is 0 Å². The van der Waals surface area contributed by atoms with Crippen molar-refractivity contribution in [3.8, 4) is 0 Å². The van der Waals surface area contributed by atoms with Gasteiger partial charge in [-0.15, -0.1) is 0 Å². The van der Waals surface area contributed by atoms with Crippen LogP contribution in [0.3, 0.4) is 0 Å². The van der Waals surface area contributed by atoms with Gasteiger partial charge >= 0.3 is 5.97 Å². The second-order valence-corrected chi connectivity index (χ2v) is 9.44. The second kappa shape index (κ2) is 8.49. The third-order valence-electron chi connectivity index (χ3n) is 5.43. The quantitative estimate of drug-likeness (QED) is 0.614. The number of carboxylic acids is 1. The Morgan fingerprint density at radius 2 is 1.60 bits per heavy atom. The molecule has 2 aliphatic carbocycles. The highest BCUT2D eigenvalue weighted by molar-refractivity contribution is 7.90. The highest BCUT2D eigenvalue weighted by Gasteiger charge is 2.40. The Labute approximate surface area is 150 Å². The lowest BCUT2D eigenvalue weighted by Gasteiger charge is -2.30. The fraction of sp³-hybridized carbons (Fsp3) is 0.882. The minimum atomic E-state index is -3.77. The summed E-state index contributed by atoms with van der Waals surface area (Å²) < 4.78 is 27.1. The minimum Gasteiger partial charge on any atom is -0.480 e. The molecule has 2 fully saturated rings. The van der Waals surface area contributed by atoms with Crippen LogP contribution in [0, 0.1) is 5.92 Å². The molecule has 0 aromatic heterocycles. The molecule has 0 aliphatic heterocycles. The molecule has 2 saturated carbocycles. The van der Waals surface area contributed by atoms with E-state index in [9.17, 15) is 23.1 Å². The average Bonchev–Trinajstić information content (AvgIpc) is 2.75. The van der Waals surface area contributed by atoms with Crippen molar-refractivity contribution in [1.29, 1.82) is 0 Å². The minimum absolute atomic E-state index is 0.125. The maximum absolute atomic E-state index is 12.3. The van der Waals surface area contributed by atoms with Gasteiger partial charge in [0.05, 0.1) is 0 Å². The Morgan fingerprint density at radius 1 is 1.04 bits per heavy atom. The summed E-state index contributed by atoms with van der Waals surface area (Å²) in [6, 6.07) is -0.125. The molecular weight excluding hydrogens is 344 g/mol. The largest absolute Gasteiger partial charge is 0.480 e. The summed E-state index contributed by atoms with van der Waals surface area (Å²) in [5.41, 5.74) is -1.33. The van der Waals surface area contributed by atoms with Crippen molar-refractivity contribution >= 4 is 21.9 Å². The monoisotopic (exact) mass is 374 g/mol. The SMILES string of the molecule is CC1CCC(NS(=O)(=O)CC(=O)NC2(C(=O)O)CCCCCC2)CC1. The maximum Gasteiger partial charge on any atom is 0.329 e. The van der Waals surface area contributed by atoms with Gasteiger partial charge in [-0.3, -0.25) is 4.79 Å². The summed E-state index contributed by atoms with van der Waals surface area (Å²) in [4.78, 5) is 23.9. The van der Waals surface area contributed by atoms with Crippen LogP contribution in [-0.4, -0.2) is 42.7 Å². The number of hydrogen-bond acceptors (Lipinski definition) is 4. The molecule has 0 radical (unpaired) electrons. The lowest BCUT2D eigenvalue weighted by molar-refractivity contribution is -0.148. The van der Waals surface area contributed by atoms with E-state index in [-0.39, 0.29) is 6.04 Å². The molecule has 0 saturated heterocycles. The lowest BCUT2D eigenvalue weighted by Crippen LogP contribution is -2.56. The van der Waals surface area contributed by atoms with Crippen molar-refractivity contribution in [1.82, 2.24) is 10.0 Å². The molecule has 0 unspecified atom stereocenters. The average molecular weight is 375 g/mol. The molecule has 0 spiro atoms. The van der Waals surface area contributed by atoms with Crippen LogP contribution in [0.15, 0.2) is 0 Å². The van der Waals surface area contributed by atoms with Crippen LogP contribution in [0.5, 0.6) is 0 Å². The first kappa shape index (κ1) is 20.2. The van der Waals surface area contributed by atoms with Crippen molar-refractivity contribution in [2.24, 2.45) is 5.92 Å². The van der Waals surface area contributed by atoms with Crippen LogP contribution in [0.2, 0.25) is 0 Å². The number of aliphatic carboxylic acids is 1. The lowest BCUT2D eigenvalue weighted by atomic mass is 9.88. The molecule has 0 atom stereocenters. The van der Waals surface area contributed by atoms with E-state index in [1.165, 1.54) is 0 Å². The molecular formula is C17H30N2O5S. The van der Waals surface area contributed by atoms with Gasteiger partial charge in [-0.25, -0.2) is 17.9 Å². The van der Waals surface area contributed by atoms with Crippen LogP contribution < -0.4 is 10.0 Å². The first-order valence-electron chi connectivity index (χ1n) is 9.27. The Morgan fingerprint density at radius 3 is 2.12 bits per heavy atom. The first-order chi connectivity index (χ1) is 11.7. The summed E-state index contributed by atoms with van der Waals surface area (Å²) >= 11 is 0. The Kier molecular flexibility index (Phi) is 6.85. The summed E-state index contributed by atoms with van der Waals surface area (Å²) in [5, 5.41) is 12.1. The molecule has 144 valence electrons. The Balaban J connectivity index is 1.93. The zero-order valence-electron chi connectivity index (χ0n) is 14.9. The number of rotatable bonds is 6. The molecule has 25 heavy (non-hydrogen) atoms. The van der Waals surface area contributed by atoms with Crippen molar-refractivity contribution in [3.63, 3.8) is 0 Å². The molecule has 2 rings (SSSR count). The van der Waals surface area contributed by atoms with Crippen LogP contribution in [0.4, 0.5) is 0 Å². The van der Waals surface area contributed by atoms with Crippen LogP contribution in [-0.2, 0) is 19.6 Å². The summed E-state index contributed by atoms with van der Waals surface area (Å²) in [5.74, 6) is -1.92.